The molecule has 8 heteroatoms. The minimum atomic E-state index is -0.408. The number of alkyl carbamates (subject to hydrolysis) is 1. The summed E-state index contributed by atoms with van der Waals surface area (Å²) in [5.74, 6) is 0.107. The number of rotatable bonds is 28. The second kappa shape index (κ2) is 26.9. The van der Waals surface area contributed by atoms with Crippen molar-refractivity contribution in [3.63, 3.8) is 0 Å². The Hall–Kier alpha value is -2.77. The van der Waals surface area contributed by atoms with Crippen LogP contribution in [-0.2, 0) is 9.47 Å². The molecule has 53 heavy (non-hydrogen) atoms. The van der Waals surface area contributed by atoms with Gasteiger partial charge < -0.3 is 25.4 Å². The summed E-state index contributed by atoms with van der Waals surface area (Å²) in [6.07, 6.45) is 28.1. The summed E-state index contributed by atoms with van der Waals surface area (Å²) < 4.78 is 10.9. The molecule has 1 aromatic carbocycles. The number of hydrogen-bond acceptors (Lipinski definition) is 5. The number of unbranched alkanes of at least 4 members (excludes halogenated alkanes) is 16. The van der Waals surface area contributed by atoms with Crippen LogP contribution < -0.4 is 16.0 Å². The van der Waals surface area contributed by atoms with Crippen LogP contribution in [0, 0.1) is 16.7 Å². The molecule has 2 rings (SSSR count). The van der Waals surface area contributed by atoms with Crippen molar-refractivity contribution in [1.82, 2.24) is 10.6 Å². The molecular weight excluding hydrogens is 663 g/mol. The normalized spacial score (nSPS) is 18.6. The largest absolute Gasteiger partial charge is 0.462 e. The minimum Gasteiger partial charge on any atom is -0.462 e. The van der Waals surface area contributed by atoms with Crippen LogP contribution in [0.3, 0.4) is 0 Å². The summed E-state index contributed by atoms with van der Waals surface area (Å²) in [6, 6.07) is 6.66. The third kappa shape index (κ3) is 21.6. The molecule has 1 fully saturated rings. The molecular formula is C45H79N3O5. The maximum absolute atomic E-state index is 13.1. The van der Waals surface area contributed by atoms with Crippen molar-refractivity contribution in [2.75, 3.05) is 25.1 Å². The topological polar surface area (TPSA) is 106 Å². The number of esters is 1. The summed E-state index contributed by atoms with van der Waals surface area (Å²) in [4.78, 5) is 38.1. The quantitative estimate of drug-likeness (QED) is 0.0586. The average Bonchev–Trinajstić information content (AvgIpc) is 3.10. The highest BCUT2D eigenvalue weighted by atomic mass is 16.5. The molecule has 3 unspecified atom stereocenters. The molecule has 304 valence electrons. The molecule has 0 heterocycles. The first-order valence-electron chi connectivity index (χ1n) is 21.7. The highest BCUT2D eigenvalue weighted by Crippen LogP contribution is 2.45. The van der Waals surface area contributed by atoms with Crippen LogP contribution in [0.1, 0.15) is 200 Å². The van der Waals surface area contributed by atoms with Crippen LogP contribution in [0.4, 0.5) is 15.3 Å². The van der Waals surface area contributed by atoms with Crippen molar-refractivity contribution in [1.29, 1.82) is 0 Å². The molecule has 1 saturated carbocycles. The first-order valence-corrected chi connectivity index (χ1v) is 21.7. The van der Waals surface area contributed by atoms with E-state index in [4.69, 9.17) is 9.47 Å². The van der Waals surface area contributed by atoms with Crippen molar-refractivity contribution in [2.24, 2.45) is 16.7 Å². The van der Waals surface area contributed by atoms with Gasteiger partial charge >= 0.3 is 18.1 Å². The van der Waals surface area contributed by atoms with Gasteiger partial charge in [-0.3, -0.25) is 0 Å². The number of amides is 3. The van der Waals surface area contributed by atoms with Gasteiger partial charge in [-0.15, -0.1) is 0 Å². The van der Waals surface area contributed by atoms with E-state index in [0.29, 0.717) is 36.9 Å². The molecule has 3 amide bonds. The van der Waals surface area contributed by atoms with Gasteiger partial charge in [-0.25, -0.2) is 14.4 Å². The van der Waals surface area contributed by atoms with Gasteiger partial charge in [-0.1, -0.05) is 150 Å². The number of nitrogens with one attached hydrogen (secondary N) is 3. The number of ether oxygens (including phenoxy) is 2. The van der Waals surface area contributed by atoms with Crippen LogP contribution >= 0.6 is 0 Å². The number of carbonyl (C=O) groups excluding carboxylic acids is 3. The second-order valence-electron chi connectivity index (χ2n) is 17.2. The lowest BCUT2D eigenvalue weighted by Gasteiger charge is -2.46. The molecule has 0 aromatic heterocycles. The molecule has 3 N–H and O–H groups in total. The minimum absolute atomic E-state index is 0.00340. The van der Waals surface area contributed by atoms with Gasteiger partial charge in [-0.05, 0) is 80.0 Å². The Kier molecular flexibility index (Phi) is 23.6. The molecule has 0 radical (unpaired) electrons. The van der Waals surface area contributed by atoms with Gasteiger partial charge in [0.05, 0.1) is 18.8 Å². The van der Waals surface area contributed by atoms with Gasteiger partial charge in [0.2, 0.25) is 0 Å². The molecule has 0 bridgehead atoms. The molecule has 8 nitrogen and oxygen atoms in total. The summed E-state index contributed by atoms with van der Waals surface area (Å²) in [5.41, 5.74) is 0.951. The molecule has 0 aliphatic heterocycles. The van der Waals surface area contributed by atoms with E-state index in [0.717, 1.165) is 32.1 Å². The smallest absolute Gasteiger partial charge is 0.407 e. The van der Waals surface area contributed by atoms with E-state index >= 15 is 0 Å². The zero-order valence-electron chi connectivity index (χ0n) is 34.9. The van der Waals surface area contributed by atoms with Gasteiger partial charge in [0, 0.05) is 18.3 Å². The average molecular weight is 742 g/mol. The lowest BCUT2D eigenvalue weighted by Crippen LogP contribution is -2.51. The molecule has 1 aromatic rings. The van der Waals surface area contributed by atoms with E-state index in [1.54, 1.807) is 31.2 Å². The predicted octanol–water partition coefficient (Wildman–Crippen LogP) is 12.8. The van der Waals surface area contributed by atoms with Crippen LogP contribution in [0.25, 0.3) is 0 Å². The number of anilines is 1. The Morgan fingerprint density at radius 3 is 1.72 bits per heavy atom. The fourth-order valence-corrected chi connectivity index (χ4v) is 8.46. The number of benzene rings is 1. The van der Waals surface area contributed by atoms with Crippen molar-refractivity contribution in [2.45, 2.75) is 195 Å². The SMILES string of the molecule is CCCCCCCCCCCCC(CCCCCCCCCC)COC(=O)c1ccc(NC(=O)NC2CC(C)(C)CC(C)(CNC(=O)OCC)C2)cc1. The second-order valence-corrected chi connectivity index (χ2v) is 17.2. The van der Waals surface area contributed by atoms with E-state index in [-0.39, 0.29) is 28.9 Å². The van der Waals surface area contributed by atoms with E-state index in [9.17, 15) is 14.4 Å². The van der Waals surface area contributed by atoms with Crippen LogP contribution in [0.15, 0.2) is 24.3 Å². The zero-order chi connectivity index (χ0) is 38.8. The molecule has 1 aliphatic rings. The van der Waals surface area contributed by atoms with Crippen LogP contribution in [0.5, 0.6) is 0 Å². The number of urea groups is 1. The molecule has 1 aliphatic carbocycles. The number of hydrogen-bond donors (Lipinski definition) is 3. The predicted molar refractivity (Wildman–Crippen MR) is 221 cm³/mol. The van der Waals surface area contributed by atoms with Crippen molar-refractivity contribution in [3.8, 4) is 0 Å². The summed E-state index contributed by atoms with van der Waals surface area (Å²) in [6.45, 7) is 14.2. The lowest BCUT2D eigenvalue weighted by molar-refractivity contribution is 0.0422. The maximum Gasteiger partial charge on any atom is 0.407 e. The van der Waals surface area contributed by atoms with E-state index in [2.05, 4.69) is 50.6 Å². The Labute approximate surface area is 324 Å². The van der Waals surface area contributed by atoms with Crippen molar-refractivity contribution in [3.05, 3.63) is 29.8 Å². The standard InChI is InChI=1S/C45H79N3O5/c1-7-10-12-14-16-18-19-21-23-25-27-37(26-24-22-20-17-15-13-11-8-2)34-53-41(49)38-28-30-39(31-29-38)47-42(50)48-40-32-44(4,5)35-45(6,33-40)36-46-43(51)52-9-3/h28-31,37,40H,7-27,32-36H2,1-6H3,(H,46,51)(H2,47,48,50). The first kappa shape index (κ1) is 46.4. The van der Waals surface area contributed by atoms with E-state index < -0.39 is 6.09 Å². The van der Waals surface area contributed by atoms with Crippen LogP contribution in [0.2, 0.25) is 0 Å². The summed E-state index contributed by atoms with van der Waals surface area (Å²) in [7, 11) is 0. The van der Waals surface area contributed by atoms with Gasteiger partial charge in [0.15, 0.2) is 0 Å². The summed E-state index contributed by atoms with van der Waals surface area (Å²) in [5, 5.41) is 8.98. The van der Waals surface area contributed by atoms with Crippen molar-refractivity contribution < 1.29 is 23.9 Å². The highest BCUT2D eigenvalue weighted by Gasteiger charge is 2.42. The monoisotopic (exact) mass is 742 g/mol. The number of carbonyl (C=O) groups is 3. The van der Waals surface area contributed by atoms with Gasteiger partial charge in [0.1, 0.15) is 0 Å². The zero-order valence-corrected chi connectivity index (χ0v) is 34.9. The Morgan fingerprint density at radius 1 is 0.698 bits per heavy atom. The summed E-state index contributed by atoms with van der Waals surface area (Å²) >= 11 is 0. The third-order valence-electron chi connectivity index (χ3n) is 11.0. The lowest BCUT2D eigenvalue weighted by atomic mass is 9.62. The molecule has 0 spiro atoms. The fourth-order valence-electron chi connectivity index (χ4n) is 8.46. The van der Waals surface area contributed by atoms with Gasteiger partial charge in [-0.2, -0.15) is 0 Å². The van der Waals surface area contributed by atoms with E-state index in [1.165, 1.54) is 116 Å². The first-order chi connectivity index (χ1) is 25.5. The molecule has 0 saturated heterocycles. The molecule has 3 atom stereocenters. The maximum atomic E-state index is 13.1. The van der Waals surface area contributed by atoms with Gasteiger partial charge in [0.25, 0.3) is 0 Å². The Morgan fingerprint density at radius 2 is 1.21 bits per heavy atom. The van der Waals surface area contributed by atoms with E-state index in [1.807, 2.05) is 0 Å². The third-order valence-corrected chi connectivity index (χ3v) is 11.0. The van der Waals surface area contributed by atoms with Crippen LogP contribution in [-0.4, -0.2) is 43.9 Å². The highest BCUT2D eigenvalue weighted by molar-refractivity contribution is 5.92. The Bertz CT molecular complexity index is 1140. The van der Waals surface area contributed by atoms with Crippen molar-refractivity contribution >= 4 is 23.8 Å². The Balaban J connectivity index is 1.82. The fraction of sp³-hybridized carbons (Fsp3) is 0.800.